The first-order valence-corrected chi connectivity index (χ1v) is 7.23. The summed E-state index contributed by atoms with van der Waals surface area (Å²) in [7, 11) is 0. The minimum atomic E-state index is -0.0185. The van der Waals surface area contributed by atoms with Gasteiger partial charge in [0.15, 0.2) is 0 Å². The van der Waals surface area contributed by atoms with Crippen LogP contribution in [0.2, 0.25) is 0 Å². The highest BCUT2D eigenvalue weighted by Crippen LogP contribution is 2.30. The van der Waals surface area contributed by atoms with E-state index in [-0.39, 0.29) is 11.5 Å². The maximum atomic E-state index is 10.2. The number of aromatic hydroxyl groups is 2. The van der Waals surface area contributed by atoms with Gasteiger partial charge in [0.1, 0.15) is 11.5 Å². The summed E-state index contributed by atoms with van der Waals surface area (Å²) in [4.78, 5) is 4.59. The molecule has 3 aromatic rings. The van der Waals surface area contributed by atoms with Crippen molar-refractivity contribution in [3.63, 3.8) is 0 Å². The second kappa shape index (κ2) is 5.96. The van der Waals surface area contributed by atoms with Crippen LogP contribution in [-0.2, 0) is 6.42 Å². The maximum Gasteiger partial charge on any atom is 0.131 e. The molecule has 116 valence electrons. The van der Waals surface area contributed by atoms with Gasteiger partial charge in [0.2, 0.25) is 0 Å². The van der Waals surface area contributed by atoms with Crippen LogP contribution < -0.4 is 5.84 Å². The van der Waals surface area contributed by atoms with Crippen LogP contribution in [0, 0.1) is 6.92 Å². The number of rotatable bonds is 3. The summed E-state index contributed by atoms with van der Waals surface area (Å²) in [6.45, 7) is 1.64. The lowest BCUT2D eigenvalue weighted by Crippen LogP contribution is -2.10. The van der Waals surface area contributed by atoms with Crippen molar-refractivity contribution in [3.05, 3.63) is 65.4 Å². The molecule has 0 aliphatic carbocycles. The van der Waals surface area contributed by atoms with E-state index < -0.39 is 0 Å². The summed E-state index contributed by atoms with van der Waals surface area (Å²) in [5, 5.41) is 24.7. The van der Waals surface area contributed by atoms with Crippen molar-refractivity contribution < 1.29 is 10.2 Å². The number of fused-ring (bicyclic) bond motifs is 1. The molecule has 0 radical (unpaired) electrons. The lowest BCUT2D eigenvalue weighted by molar-refractivity contribution is 0.442. The molecule has 0 saturated heterocycles. The number of hydrogen-bond acceptors (Lipinski definition) is 5. The average molecular weight is 307 g/mol. The molecule has 0 unspecified atom stereocenters. The number of aromatic nitrogens is 1. The summed E-state index contributed by atoms with van der Waals surface area (Å²) in [5.74, 6) is 5.52. The predicted octanol–water partition coefficient (Wildman–Crippen LogP) is 2.86. The second-order valence-corrected chi connectivity index (χ2v) is 5.35. The summed E-state index contributed by atoms with van der Waals surface area (Å²) in [6.07, 6.45) is 0.388. The van der Waals surface area contributed by atoms with E-state index in [1.807, 2.05) is 36.4 Å². The SMILES string of the molecule is Cc1c(O)ccc(/C(Cc2ccc3ccccc3n2)=N\N)c1O. The lowest BCUT2D eigenvalue weighted by Gasteiger charge is -2.11. The number of hydrazone groups is 1. The zero-order valence-electron chi connectivity index (χ0n) is 12.7. The van der Waals surface area contributed by atoms with E-state index in [0.717, 1.165) is 16.6 Å². The molecule has 0 amide bonds. The lowest BCUT2D eigenvalue weighted by atomic mass is 10.0. The van der Waals surface area contributed by atoms with Gasteiger partial charge in [-0.2, -0.15) is 5.10 Å². The molecule has 0 saturated carbocycles. The van der Waals surface area contributed by atoms with E-state index >= 15 is 0 Å². The maximum absolute atomic E-state index is 10.2. The number of benzene rings is 2. The Hall–Kier alpha value is -3.08. The molecule has 5 nitrogen and oxygen atoms in total. The molecule has 0 aliphatic rings. The van der Waals surface area contributed by atoms with Gasteiger partial charge in [-0.3, -0.25) is 4.98 Å². The average Bonchev–Trinajstić information content (AvgIpc) is 2.58. The molecule has 1 heterocycles. The van der Waals surface area contributed by atoms with Gasteiger partial charge in [-0.05, 0) is 31.2 Å². The largest absolute Gasteiger partial charge is 0.508 e. The van der Waals surface area contributed by atoms with Crippen molar-refractivity contribution in [2.45, 2.75) is 13.3 Å². The predicted molar refractivity (Wildman–Crippen MR) is 90.7 cm³/mol. The molecule has 3 rings (SSSR count). The number of phenols is 2. The molecule has 0 atom stereocenters. The Kier molecular flexibility index (Phi) is 3.85. The molecule has 23 heavy (non-hydrogen) atoms. The van der Waals surface area contributed by atoms with Crippen molar-refractivity contribution >= 4 is 16.6 Å². The molecule has 0 fully saturated rings. The summed E-state index contributed by atoms with van der Waals surface area (Å²) >= 11 is 0. The molecule has 1 aromatic heterocycles. The molecular formula is C18H17N3O2. The van der Waals surface area contributed by atoms with Crippen LogP contribution in [0.3, 0.4) is 0 Å². The molecule has 0 spiro atoms. The third kappa shape index (κ3) is 2.81. The number of nitrogens with two attached hydrogens (primary N) is 1. The molecule has 4 N–H and O–H groups in total. The Morgan fingerprint density at radius 2 is 1.87 bits per heavy atom. The van der Waals surface area contributed by atoms with Gasteiger partial charge in [0.25, 0.3) is 0 Å². The van der Waals surface area contributed by atoms with Gasteiger partial charge in [0, 0.05) is 28.6 Å². The van der Waals surface area contributed by atoms with Crippen LogP contribution in [0.25, 0.3) is 10.9 Å². The topological polar surface area (TPSA) is 91.7 Å². The minimum absolute atomic E-state index is 0.0185. The standard InChI is InChI=1S/C18H17N3O2/c1-11-17(22)9-8-14(18(11)23)16(21-19)10-13-7-6-12-4-2-3-5-15(12)20-13/h2-9,22-23H,10,19H2,1H3/b21-16-. The van der Waals surface area contributed by atoms with Crippen molar-refractivity contribution in [3.8, 4) is 11.5 Å². The van der Waals surface area contributed by atoms with Crippen molar-refractivity contribution in [1.82, 2.24) is 4.98 Å². The van der Waals surface area contributed by atoms with Crippen LogP contribution in [0.1, 0.15) is 16.8 Å². The van der Waals surface area contributed by atoms with E-state index in [1.54, 1.807) is 13.0 Å². The van der Waals surface area contributed by atoms with Gasteiger partial charge < -0.3 is 16.1 Å². The van der Waals surface area contributed by atoms with E-state index in [9.17, 15) is 10.2 Å². The van der Waals surface area contributed by atoms with Crippen LogP contribution in [0.4, 0.5) is 0 Å². The van der Waals surface area contributed by atoms with Crippen molar-refractivity contribution in [2.75, 3.05) is 0 Å². The van der Waals surface area contributed by atoms with Gasteiger partial charge in [-0.1, -0.05) is 24.3 Å². The van der Waals surface area contributed by atoms with Crippen LogP contribution in [0.15, 0.2) is 53.6 Å². The van der Waals surface area contributed by atoms with Crippen molar-refractivity contribution in [1.29, 1.82) is 0 Å². The Labute approximate surface area is 133 Å². The first-order chi connectivity index (χ1) is 11.1. The highest BCUT2D eigenvalue weighted by atomic mass is 16.3. The fraction of sp³-hybridized carbons (Fsp3) is 0.111. The third-order valence-corrected chi connectivity index (χ3v) is 3.87. The zero-order chi connectivity index (χ0) is 16.4. The van der Waals surface area contributed by atoms with E-state index in [4.69, 9.17) is 5.84 Å². The van der Waals surface area contributed by atoms with Crippen LogP contribution >= 0.6 is 0 Å². The molecule has 5 heteroatoms. The van der Waals surface area contributed by atoms with Crippen molar-refractivity contribution in [2.24, 2.45) is 10.9 Å². The fourth-order valence-corrected chi connectivity index (χ4v) is 2.51. The highest BCUT2D eigenvalue weighted by molar-refractivity contribution is 6.04. The molecular weight excluding hydrogens is 290 g/mol. The van der Waals surface area contributed by atoms with Gasteiger partial charge in [0.05, 0.1) is 11.2 Å². The number of pyridine rings is 1. The van der Waals surface area contributed by atoms with Gasteiger partial charge >= 0.3 is 0 Å². The highest BCUT2D eigenvalue weighted by Gasteiger charge is 2.15. The fourth-order valence-electron chi connectivity index (χ4n) is 2.51. The normalized spacial score (nSPS) is 11.8. The molecule has 2 aromatic carbocycles. The van der Waals surface area contributed by atoms with Gasteiger partial charge in [-0.25, -0.2) is 0 Å². The second-order valence-electron chi connectivity index (χ2n) is 5.35. The smallest absolute Gasteiger partial charge is 0.131 e. The molecule has 0 bridgehead atoms. The Balaban J connectivity index is 1.97. The molecule has 0 aliphatic heterocycles. The Bertz CT molecular complexity index is 904. The Morgan fingerprint density at radius 3 is 2.65 bits per heavy atom. The van der Waals surface area contributed by atoms with E-state index in [2.05, 4.69) is 10.1 Å². The summed E-state index contributed by atoms with van der Waals surface area (Å²) < 4.78 is 0. The minimum Gasteiger partial charge on any atom is -0.508 e. The number of nitrogens with zero attached hydrogens (tertiary/aromatic N) is 2. The number of phenolic OH excluding ortho intramolecular Hbond substituents is 2. The summed E-state index contributed by atoms with van der Waals surface area (Å²) in [5.41, 5.74) is 3.10. The number of para-hydroxylation sites is 1. The monoisotopic (exact) mass is 307 g/mol. The summed E-state index contributed by atoms with van der Waals surface area (Å²) in [6, 6.07) is 14.9. The zero-order valence-corrected chi connectivity index (χ0v) is 12.7. The van der Waals surface area contributed by atoms with Crippen LogP contribution in [-0.4, -0.2) is 20.9 Å². The third-order valence-electron chi connectivity index (χ3n) is 3.87. The Morgan fingerprint density at radius 1 is 1.09 bits per heavy atom. The van der Waals surface area contributed by atoms with E-state index in [1.165, 1.54) is 6.07 Å². The number of hydrogen-bond donors (Lipinski definition) is 3. The van der Waals surface area contributed by atoms with Crippen LogP contribution in [0.5, 0.6) is 11.5 Å². The van der Waals surface area contributed by atoms with E-state index in [0.29, 0.717) is 23.3 Å². The quantitative estimate of drug-likeness (QED) is 0.394. The van der Waals surface area contributed by atoms with Gasteiger partial charge in [-0.15, -0.1) is 0 Å². The first-order valence-electron chi connectivity index (χ1n) is 7.23. The first kappa shape index (κ1) is 14.8.